The molecule has 2 aromatic heterocycles. The van der Waals surface area contributed by atoms with Gasteiger partial charge >= 0.3 is 0 Å². The second-order valence-electron chi connectivity index (χ2n) is 3.61. The zero-order chi connectivity index (χ0) is 10.6. The molecule has 3 nitrogen and oxygen atoms in total. The lowest BCUT2D eigenvalue weighted by Crippen LogP contribution is -1.96. The minimum atomic E-state index is -0.393. The fraction of sp³-hybridized carbons (Fsp3) is 0.333. The highest BCUT2D eigenvalue weighted by molar-refractivity contribution is 9.10. The van der Waals surface area contributed by atoms with E-state index in [1.54, 1.807) is 6.07 Å². The van der Waals surface area contributed by atoms with Crippen LogP contribution in [0.1, 0.15) is 24.5 Å². The number of fused-ring (bicyclic) bond motifs is 1. The van der Waals surface area contributed by atoms with Gasteiger partial charge in [0.25, 0.3) is 0 Å². The highest BCUT2D eigenvalue weighted by atomic mass is 79.9. The van der Waals surface area contributed by atoms with Gasteiger partial charge in [-0.25, -0.2) is 4.98 Å². The van der Waals surface area contributed by atoms with Gasteiger partial charge in [-0.15, -0.1) is 0 Å². The van der Waals surface area contributed by atoms with Gasteiger partial charge in [0.05, 0.1) is 4.47 Å². The van der Waals surface area contributed by atoms with Crippen LogP contribution in [0.25, 0.3) is 5.65 Å². The zero-order valence-electron chi connectivity index (χ0n) is 7.54. The quantitative estimate of drug-likeness (QED) is 0.807. The SMILES string of the molecule is Fc1c(C2CC2)nc2c(Br)cc(Cl)nn12. The molecule has 2 aromatic rings. The Hall–Kier alpha value is -0.680. The number of imidazole rings is 1. The van der Waals surface area contributed by atoms with Crippen LogP contribution in [0.4, 0.5) is 4.39 Å². The molecule has 0 saturated heterocycles. The summed E-state index contributed by atoms with van der Waals surface area (Å²) in [5.74, 6) is -0.131. The Balaban J connectivity index is 2.34. The minimum absolute atomic E-state index is 0.244. The summed E-state index contributed by atoms with van der Waals surface area (Å²) in [6.07, 6.45) is 2.01. The fourth-order valence-corrected chi connectivity index (χ4v) is 2.35. The highest BCUT2D eigenvalue weighted by Gasteiger charge is 2.31. The van der Waals surface area contributed by atoms with E-state index in [0.717, 1.165) is 17.4 Å². The third kappa shape index (κ3) is 1.45. The van der Waals surface area contributed by atoms with Crippen molar-refractivity contribution in [2.75, 3.05) is 0 Å². The number of rotatable bonds is 1. The highest BCUT2D eigenvalue weighted by Crippen LogP contribution is 2.41. The van der Waals surface area contributed by atoms with Crippen LogP contribution in [0, 0.1) is 5.95 Å². The van der Waals surface area contributed by atoms with Gasteiger partial charge in [0, 0.05) is 5.92 Å². The Morgan fingerprint density at radius 2 is 2.27 bits per heavy atom. The third-order valence-corrected chi connectivity index (χ3v) is 3.21. The van der Waals surface area contributed by atoms with E-state index >= 15 is 0 Å². The van der Waals surface area contributed by atoms with Crippen LogP contribution in [0.15, 0.2) is 10.5 Å². The van der Waals surface area contributed by atoms with Crippen molar-refractivity contribution < 1.29 is 4.39 Å². The first-order valence-electron chi connectivity index (χ1n) is 4.57. The summed E-state index contributed by atoms with van der Waals surface area (Å²) in [5, 5.41) is 4.12. The lowest BCUT2D eigenvalue weighted by molar-refractivity contribution is 0.535. The molecule has 0 unspecified atom stereocenters. The summed E-state index contributed by atoms with van der Waals surface area (Å²) in [6.45, 7) is 0. The lowest BCUT2D eigenvalue weighted by atomic mass is 10.3. The summed E-state index contributed by atoms with van der Waals surface area (Å²) in [5.41, 5.74) is 0.990. The number of aromatic nitrogens is 3. The average molecular weight is 291 g/mol. The molecule has 1 saturated carbocycles. The molecule has 0 N–H and O–H groups in total. The van der Waals surface area contributed by atoms with Gasteiger partial charge < -0.3 is 0 Å². The summed E-state index contributed by atoms with van der Waals surface area (Å²) >= 11 is 9.03. The van der Waals surface area contributed by atoms with Crippen molar-refractivity contribution in [1.82, 2.24) is 14.6 Å². The van der Waals surface area contributed by atoms with Crippen LogP contribution in [-0.4, -0.2) is 14.6 Å². The maximum Gasteiger partial charge on any atom is 0.238 e. The van der Waals surface area contributed by atoms with Crippen LogP contribution < -0.4 is 0 Å². The standard InChI is InChI=1S/C9H6BrClFN3/c10-5-3-6(11)14-15-8(12)7(4-1-2-4)13-9(5)15/h3-4H,1-2H2. The molecule has 3 rings (SSSR count). The van der Waals surface area contributed by atoms with Crippen LogP contribution in [-0.2, 0) is 0 Å². The predicted molar refractivity (Wildman–Crippen MR) is 57.6 cm³/mol. The Bertz CT molecular complexity index is 550. The van der Waals surface area contributed by atoms with Crippen LogP contribution in [0.2, 0.25) is 5.15 Å². The maximum absolute atomic E-state index is 13.8. The smallest absolute Gasteiger partial charge is 0.227 e. The normalized spacial score (nSPS) is 16.2. The Kier molecular flexibility index (Phi) is 2.01. The number of hydrogen-bond donors (Lipinski definition) is 0. The van der Waals surface area contributed by atoms with Crippen molar-refractivity contribution in [3.8, 4) is 0 Å². The zero-order valence-corrected chi connectivity index (χ0v) is 9.89. The van der Waals surface area contributed by atoms with E-state index in [9.17, 15) is 4.39 Å². The van der Waals surface area contributed by atoms with Crippen LogP contribution >= 0.6 is 27.5 Å². The Morgan fingerprint density at radius 3 is 2.93 bits per heavy atom. The molecule has 0 spiro atoms. The Morgan fingerprint density at radius 1 is 1.53 bits per heavy atom. The molecule has 6 heteroatoms. The van der Waals surface area contributed by atoms with E-state index in [2.05, 4.69) is 26.0 Å². The summed E-state index contributed by atoms with van der Waals surface area (Å²) in [6, 6.07) is 1.61. The number of nitrogens with zero attached hydrogens (tertiary/aromatic N) is 3. The molecule has 0 aliphatic heterocycles. The van der Waals surface area contributed by atoms with E-state index < -0.39 is 5.95 Å². The monoisotopic (exact) mass is 289 g/mol. The lowest BCUT2D eigenvalue weighted by Gasteiger charge is -1.95. The van der Waals surface area contributed by atoms with Crippen molar-refractivity contribution in [3.63, 3.8) is 0 Å². The van der Waals surface area contributed by atoms with Crippen molar-refractivity contribution in [2.24, 2.45) is 0 Å². The second kappa shape index (κ2) is 3.15. The molecule has 15 heavy (non-hydrogen) atoms. The summed E-state index contributed by atoms with van der Waals surface area (Å²) in [7, 11) is 0. The summed E-state index contributed by atoms with van der Waals surface area (Å²) in [4.78, 5) is 4.23. The summed E-state index contributed by atoms with van der Waals surface area (Å²) < 4.78 is 15.7. The second-order valence-corrected chi connectivity index (χ2v) is 4.85. The van der Waals surface area contributed by atoms with Crippen LogP contribution in [0.3, 0.4) is 0 Å². The first-order chi connectivity index (χ1) is 7.16. The third-order valence-electron chi connectivity index (χ3n) is 2.44. The topological polar surface area (TPSA) is 30.2 Å². The van der Waals surface area contributed by atoms with Crippen molar-refractivity contribution >= 4 is 33.2 Å². The molecule has 2 heterocycles. The molecule has 78 valence electrons. The van der Waals surface area contributed by atoms with Crippen molar-refractivity contribution in [1.29, 1.82) is 0 Å². The van der Waals surface area contributed by atoms with E-state index in [0.29, 0.717) is 15.8 Å². The van der Waals surface area contributed by atoms with Gasteiger partial charge in [0.1, 0.15) is 5.69 Å². The Labute approximate surface area is 98.4 Å². The van der Waals surface area contributed by atoms with Crippen LogP contribution in [0.5, 0.6) is 0 Å². The molecular formula is C9H6BrClFN3. The minimum Gasteiger partial charge on any atom is -0.227 e. The first-order valence-corrected chi connectivity index (χ1v) is 5.74. The molecule has 1 aliphatic rings. The first kappa shape index (κ1) is 9.54. The average Bonchev–Trinajstić information content (AvgIpc) is 2.94. The molecule has 0 amide bonds. The van der Waals surface area contributed by atoms with E-state index in [1.807, 2.05) is 0 Å². The number of halogens is 3. The maximum atomic E-state index is 13.8. The number of hydrogen-bond acceptors (Lipinski definition) is 2. The van der Waals surface area contributed by atoms with E-state index in [4.69, 9.17) is 11.6 Å². The van der Waals surface area contributed by atoms with Gasteiger partial charge in [0.2, 0.25) is 5.95 Å². The fourth-order valence-electron chi connectivity index (χ4n) is 1.56. The van der Waals surface area contributed by atoms with Crippen molar-refractivity contribution in [3.05, 3.63) is 27.3 Å². The van der Waals surface area contributed by atoms with Gasteiger partial charge in [-0.3, -0.25) is 0 Å². The predicted octanol–water partition coefficient (Wildman–Crippen LogP) is 3.16. The van der Waals surface area contributed by atoms with Gasteiger partial charge in [-0.1, -0.05) is 11.6 Å². The van der Waals surface area contributed by atoms with Gasteiger partial charge in [-0.2, -0.15) is 14.0 Å². The molecule has 0 bridgehead atoms. The van der Waals surface area contributed by atoms with E-state index in [-0.39, 0.29) is 11.1 Å². The van der Waals surface area contributed by atoms with Gasteiger partial charge in [-0.05, 0) is 34.8 Å². The van der Waals surface area contributed by atoms with E-state index in [1.165, 1.54) is 0 Å². The largest absolute Gasteiger partial charge is 0.238 e. The molecule has 0 radical (unpaired) electrons. The van der Waals surface area contributed by atoms with Crippen molar-refractivity contribution in [2.45, 2.75) is 18.8 Å². The molecule has 0 aromatic carbocycles. The molecule has 1 aliphatic carbocycles. The molecule has 0 atom stereocenters. The molecular weight excluding hydrogens is 284 g/mol. The van der Waals surface area contributed by atoms with Gasteiger partial charge in [0.15, 0.2) is 10.8 Å². The molecule has 1 fully saturated rings.